The lowest BCUT2D eigenvalue weighted by molar-refractivity contribution is -0.114. The molecular weight excluding hydrogens is 192 g/mol. The second kappa shape index (κ2) is 4.59. The first-order chi connectivity index (χ1) is 7.04. The van der Waals surface area contributed by atoms with Gasteiger partial charge in [-0.05, 0) is 31.5 Å². The van der Waals surface area contributed by atoms with E-state index < -0.39 is 0 Å². The normalized spacial score (nSPS) is 11.3. The van der Waals surface area contributed by atoms with E-state index in [9.17, 15) is 4.79 Å². The summed E-state index contributed by atoms with van der Waals surface area (Å²) in [4.78, 5) is 10.9. The van der Waals surface area contributed by atoms with E-state index in [1.54, 1.807) is 13.0 Å². The summed E-state index contributed by atoms with van der Waals surface area (Å²) in [6.45, 7) is 5.08. The number of benzene rings is 1. The lowest BCUT2D eigenvalue weighted by Crippen LogP contribution is -2.07. The van der Waals surface area contributed by atoms with Gasteiger partial charge >= 0.3 is 0 Å². The monoisotopic (exact) mass is 206 g/mol. The highest BCUT2D eigenvalue weighted by Gasteiger charge is 2.04. The van der Waals surface area contributed by atoms with Crippen molar-refractivity contribution in [2.45, 2.75) is 20.8 Å². The van der Waals surface area contributed by atoms with Crippen molar-refractivity contribution in [1.29, 1.82) is 0 Å². The molecule has 1 rings (SSSR count). The van der Waals surface area contributed by atoms with Crippen LogP contribution >= 0.6 is 0 Å². The molecule has 0 unspecified atom stereocenters. The lowest BCUT2D eigenvalue weighted by atomic mass is 10.0. The number of hydrogen-bond acceptors (Lipinski definition) is 3. The maximum absolute atomic E-state index is 10.9. The third-order valence-electron chi connectivity index (χ3n) is 2.10. The average Bonchev–Trinajstić information content (AvgIpc) is 2.19. The minimum atomic E-state index is -0.122. The third kappa shape index (κ3) is 2.80. The third-order valence-corrected chi connectivity index (χ3v) is 2.10. The minimum absolute atomic E-state index is 0.122. The van der Waals surface area contributed by atoms with E-state index >= 15 is 0 Å². The molecule has 2 N–H and O–H groups in total. The van der Waals surface area contributed by atoms with Crippen LogP contribution in [0.25, 0.3) is 0 Å². The molecule has 4 heteroatoms. The predicted molar refractivity (Wildman–Crippen MR) is 59.5 cm³/mol. The van der Waals surface area contributed by atoms with Crippen LogP contribution in [0.3, 0.4) is 0 Å². The lowest BCUT2D eigenvalue weighted by Gasteiger charge is -2.07. The van der Waals surface area contributed by atoms with Gasteiger partial charge < -0.3 is 10.5 Å². The van der Waals surface area contributed by atoms with E-state index in [-0.39, 0.29) is 5.91 Å². The van der Waals surface area contributed by atoms with Gasteiger partial charge in [-0.2, -0.15) is 0 Å². The minimum Gasteiger partial charge on any atom is -0.411 e. The summed E-state index contributed by atoms with van der Waals surface area (Å²) in [5.41, 5.74) is 3.05. The van der Waals surface area contributed by atoms with Gasteiger partial charge in [-0.1, -0.05) is 11.2 Å². The summed E-state index contributed by atoms with van der Waals surface area (Å²) < 4.78 is 0. The van der Waals surface area contributed by atoms with Crippen LogP contribution in [0.2, 0.25) is 0 Å². The Morgan fingerprint density at radius 2 is 2.07 bits per heavy atom. The van der Waals surface area contributed by atoms with Crippen molar-refractivity contribution in [1.82, 2.24) is 0 Å². The van der Waals surface area contributed by atoms with Crippen molar-refractivity contribution in [2.24, 2.45) is 5.16 Å². The molecule has 80 valence electrons. The van der Waals surface area contributed by atoms with Crippen LogP contribution in [-0.2, 0) is 4.79 Å². The average molecular weight is 206 g/mol. The first-order valence-corrected chi connectivity index (χ1v) is 4.62. The molecule has 0 aliphatic carbocycles. The number of aryl methyl sites for hydroxylation is 1. The fourth-order valence-corrected chi connectivity index (χ4v) is 1.35. The zero-order valence-electron chi connectivity index (χ0n) is 9.03. The Morgan fingerprint density at radius 1 is 1.40 bits per heavy atom. The first kappa shape index (κ1) is 11.2. The quantitative estimate of drug-likeness (QED) is 0.442. The van der Waals surface area contributed by atoms with Crippen LogP contribution in [0, 0.1) is 6.92 Å². The highest BCUT2D eigenvalue weighted by Crippen LogP contribution is 2.16. The van der Waals surface area contributed by atoms with Gasteiger partial charge in [-0.3, -0.25) is 4.79 Å². The van der Waals surface area contributed by atoms with Crippen molar-refractivity contribution in [3.8, 4) is 0 Å². The number of rotatable bonds is 2. The Kier molecular flexibility index (Phi) is 3.44. The summed E-state index contributed by atoms with van der Waals surface area (Å²) in [5.74, 6) is -0.122. The predicted octanol–water partition coefficient (Wildman–Crippen LogP) is 2.15. The van der Waals surface area contributed by atoms with Gasteiger partial charge in [-0.15, -0.1) is 0 Å². The summed E-state index contributed by atoms with van der Waals surface area (Å²) in [6, 6.07) is 5.46. The van der Waals surface area contributed by atoms with Crippen LogP contribution in [-0.4, -0.2) is 16.8 Å². The maximum atomic E-state index is 10.9. The Labute approximate surface area is 88.6 Å². The molecule has 1 amide bonds. The molecule has 0 fully saturated rings. The van der Waals surface area contributed by atoms with Crippen LogP contribution in [0.4, 0.5) is 5.69 Å². The Hall–Kier alpha value is -1.84. The van der Waals surface area contributed by atoms with E-state index in [1.165, 1.54) is 6.92 Å². The molecule has 0 aromatic heterocycles. The molecule has 0 heterocycles. The first-order valence-electron chi connectivity index (χ1n) is 4.62. The van der Waals surface area contributed by atoms with Crippen LogP contribution in [0.15, 0.2) is 23.4 Å². The molecule has 0 bridgehead atoms. The van der Waals surface area contributed by atoms with Gasteiger partial charge in [0.2, 0.25) is 5.91 Å². The van der Waals surface area contributed by atoms with Crippen LogP contribution in [0.1, 0.15) is 25.0 Å². The van der Waals surface area contributed by atoms with Gasteiger partial charge in [0.15, 0.2) is 0 Å². The molecule has 0 spiro atoms. The maximum Gasteiger partial charge on any atom is 0.221 e. The summed E-state index contributed by atoms with van der Waals surface area (Å²) in [5, 5.41) is 14.5. The molecule has 0 aliphatic rings. The smallest absolute Gasteiger partial charge is 0.221 e. The highest BCUT2D eigenvalue weighted by atomic mass is 16.4. The van der Waals surface area contributed by atoms with Crippen molar-refractivity contribution >= 4 is 17.3 Å². The van der Waals surface area contributed by atoms with Crippen molar-refractivity contribution in [3.05, 3.63) is 29.3 Å². The standard InChI is InChI=1S/C11H14N2O2/c1-7-4-5-10(12-9(3)14)6-11(7)8(2)13-15/h4-6,15H,1-3H3,(H,12,14). The fourth-order valence-electron chi connectivity index (χ4n) is 1.35. The van der Waals surface area contributed by atoms with Gasteiger partial charge in [0.05, 0.1) is 5.71 Å². The molecule has 15 heavy (non-hydrogen) atoms. The fraction of sp³-hybridized carbons (Fsp3) is 0.273. The number of carbonyl (C=O) groups excluding carboxylic acids is 1. The number of amides is 1. The Bertz CT molecular complexity index is 411. The van der Waals surface area contributed by atoms with E-state index in [0.717, 1.165) is 11.1 Å². The summed E-state index contributed by atoms with van der Waals surface area (Å²) >= 11 is 0. The molecule has 1 aromatic carbocycles. The summed E-state index contributed by atoms with van der Waals surface area (Å²) in [7, 11) is 0. The zero-order chi connectivity index (χ0) is 11.4. The van der Waals surface area contributed by atoms with Gasteiger partial charge in [0.1, 0.15) is 0 Å². The Balaban J connectivity index is 3.11. The molecule has 4 nitrogen and oxygen atoms in total. The van der Waals surface area contributed by atoms with Crippen molar-refractivity contribution in [2.75, 3.05) is 5.32 Å². The van der Waals surface area contributed by atoms with Gasteiger partial charge in [-0.25, -0.2) is 0 Å². The topological polar surface area (TPSA) is 61.7 Å². The van der Waals surface area contributed by atoms with E-state index in [4.69, 9.17) is 5.21 Å². The van der Waals surface area contributed by atoms with E-state index in [0.29, 0.717) is 11.4 Å². The number of nitrogens with one attached hydrogen (secondary N) is 1. The number of anilines is 1. The van der Waals surface area contributed by atoms with Crippen molar-refractivity contribution < 1.29 is 10.0 Å². The largest absolute Gasteiger partial charge is 0.411 e. The molecule has 0 aliphatic heterocycles. The molecule has 0 atom stereocenters. The second-order valence-electron chi connectivity index (χ2n) is 3.40. The van der Waals surface area contributed by atoms with Crippen LogP contribution < -0.4 is 5.32 Å². The van der Waals surface area contributed by atoms with Crippen molar-refractivity contribution in [3.63, 3.8) is 0 Å². The number of nitrogens with zero attached hydrogens (tertiary/aromatic N) is 1. The molecule has 0 saturated heterocycles. The van der Waals surface area contributed by atoms with E-state index in [2.05, 4.69) is 10.5 Å². The number of oxime groups is 1. The molecular formula is C11H14N2O2. The SMILES string of the molecule is CC(=O)Nc1ccc(C)c(C(C)=NO)c1. The highest BCUT2D eigenvalue weighted by molar-refractivity contribution is 6.01. The molecule has 0 radical (unpaired) electrons. The van der Waals surface area contributed by atoms with Crippen LogP contribution in [0.5, 0.6) is 0 Å². The molecule has 0 saturated carbocycles. The number of hydrogen-bond donors (Lipinski definition) is 2. The van der Waals surface area contributed by atoms with E-state index in [1.807, 2.05) is 19.1 Å². The van der Waals surface area contributed by atoms with Gasteiger partial charge in [0.25, 0.3) is 0 Å². The Morgan fingerprint density at radius 3 is 2.60 bits per heavy atom. The van der Waals surface area contributed by atoms with Gasteiger partial charge in [0, 0.05) is 18.2 Å². The number of carbonyl (C=O) groups is 1. The molecule has 1 aromatic rings. The summed E-state index contributed by atoms with van der Waals surface area (Å²) in [6.07, 6.45) is 0. The zero-order valence-corrected chi connectivity index (χ0v) is 9.03. The second-order valence-corrected chi connectivity index (χ2v) is 3.40.